The number of carbonyl (C=O) groups excluding carboxylic acids is 1. The number of amidine groups is 1. The van der Waals surface area contributed by atoms with Gasteiger partial charge in [-0.25, -0.2) is 0 Å². The number of aliphatic carboxylic acids is 2. The standard InChI is InChI=1S/C26H43N7O5/c1-6-10-32(18-24(35)36)12-13-33(11-7-2)22(26(37)38)8-9-23(34)29-17-20-14-19(3)15-21(16-20)25(30-27-4)31-28-5/h14-16,22,28H,4,6-13,17-18H2,1-3,5H3,(H,29,34)(H,30,31)(H,35,36)(H,37,38). The lowest BCUT2D eigenvalue weighted by Crippen LogP contribution is -2.46. The van der Waals surface area contributed by atoms with Crippen molar-refractivity contribution in [3.8, 4) is 0 Å². The molecule has 212 valence electrons. The Kier molecular flexibility index (Phi) is 15.3. The van der Waals surface area contributed by atoms with Gasteiger partial charge in [-0.15, -0.1) is 0 Å². The minimum atomic E-state index is -0.991. The molecule has 0 radical (unpaired) electrons. The largest absolute Gasteiger partial charge is 0.480 e. The second-order valence-corrected chi connectivity index (χ2v) is 9.04. The van der Waals surface area contributed by atoms with E-state index < -0.39 is 18.0 Å². The van der Waals surface area contributed by atoms with Crippen LogP contribution in [0.4, 0.5) is 0 Å². The zero-order valence-corrected chi connectivity index (χ0v) is 23.0. The molecule has 1 amide bonds. The lowest BCUT2D eigenvalue weighted by atomic mass is 10.1. The van der Waals surface area contributed by atoms with Crippen molar-refractivity contribution in [3.05, 3.63) is 34.9 Å². The van der Waals surface area contributed by atoms with E-state index >= 15 is 0 Å². The Morgan fingerprint density at radius 3 is 2.34 bits per heavy atom. The lowest BCUT2D eigenvalue weighted by molar-refractivity contribution is -0.144. The summed E-state index contributed by atoms with van der Waals surface area (Å²) in [5.41, 5.74) is 8.06. The molecule has 0 aliphatic carbocycles. The summed E-state index contributed by atoms with van der Waals surface area (Å²) in [7, 11) is 1.67. The Labute approximate surface area is 225 Å². The molecular weight excluding hydrogens is 490 g/mol. The van der Waals surface area contributed by atoms with Crippen LogP contribution in [0.5, 0.6) is 0 Å². The van der Waals surface area contributed by atoms with Crippen molar-refractivity contribution in [1.29, 1.82) is 0 Å². The Balaban J connectivity index is 2.81. The molecule has 12 nitrogen and oxygen atoms in total. The van der Waals surface area contributed by atoms with Gasteiger partial charge < -0.3 is 21.0 Å². The average molecular weight is 534 g/mol. The highest BCUT2D eigenvalue weighted by Gasteiger charge is 2.26. The van der Waals surface area contributed by atoms with Crippen LogP contribution in [0.1, 0.15) is 56.2 Å². The van der Waals surface area contributed by atoms with Crippen molar-refractivity contribution in [2.24, 2.45) is 10.2 Å². The Bertz CT molecular complexity index is 954. The summed E-state index contributed by atoms with van der Waals surface area (Å²) in [4.78, 5) is 39.5. The monoisotopic (exact) mass is 533 g/mol. The van der Waals surface area contributed by atoms with Crippen LogP contribution in [-0.2, 0) is 20.9 Å². The van der Waals surface area contributed by atoms with Gasteiger partial charge in [0, 0.05) is 45.4 Å². The number of hydrogen-bond donors (Lipinski definition) is 5. The van der Waals surface area contributed by atoms with Gasteiger partial charge >= 0.3 is 11.9 Å². The highest BCUT2D eigenvalue weighted by atomic mass is 16.4. The fourth-order valence-corrected chi connectivity index (χ4v) is 4.22. The molecule has 0 aliphatic rings. The molecule has 1 aromatic carbocycles. The number of amides is 1. The van der Waals surface area contributed by atoms with Crippen molar-refractivity contribution in [1.82, 2.24) is 26.0 Å². The van der Waals surface area contributed by atoms with Gasteiger partial charge in [-0.3, -0.25) is 29.6 Å². The maximum atomic E-state index is 12.6. The van der Waals surface area contributed by atoms with Crippen molar-refractivity contribution < 1.29 is 24.6 Å². The number of carboxylic acids is 2. The van der Waals surface area contributed by atoms with Crippen LogP contribution in [0.3, 0.4) is 0 Å². The quantitative estimate of drug-likeness (QED) is 0.101. The van der Waals surface area contributed by atoms with Crippen molar-refractivity contribution in [3.63, 3.8) is 0 Å². The second-order valence-electron chi connectivity index (χ2n) is 9.04. The van der Waals surface area contributed by atoms with E-state index in [-0.39, 0.29) is 31.8 Å². The molecule has 0 saturated heterocycles. The zero-order chi connectivity index (χ0) is 28.5. The summed E-state index contributed by atoms with van der Waals surface area (Å²) in [6.45, 7) is 11.5. The normalized spacial score (nSPS) is 12.3. The first kappa shape index (κ1) is 32.5. The van der Waals surface area contributed by atoms with Crippen molar-refractivity contribution >= 4 is 30.4 Å². The number of carbonyl (C=O) groups is 3. The average Bonchev–Trinajstić information content (AvgIpc) is 2.85. The maximum Gasteiger partial charge on any atom is 0.320 e. The summed E-state index contributed by atoms with van der Waals surface area (Å²) in [6.07, 6.45) is 1.75. The van der Waals surface area contributed by atoms with Gasteiger partial charge in [0.25, 0.3) is 0 Å². The third-order valence-electron chi connectivity index (χ3n) is 5.79. The summed E-state index contributed by atoms with van der Waals surface area (Å²) < 4.78 is 0. The molecule has 0 fully saturated rings. The van der Waals surface area contributed by atoms with E-state index in [0.29, 0.717) is 32.0 Å². The third kappa shape index (κ3) is 12.2. The molecule has 12 heteroatoms. The fourth-order valence-electron chi connectivity index (χ4n) is 4.22. The minimum absolute atomic E-state index is 0.0536. The minimum Gasteiger partial charge on any atom is -0.480 e. The van der Waals surface area contributed by atoms with Crippen molar-refractivity contribution in [2.75, 3.05) is 39.8 Å². The number of hydrazone groups is 2. The molecule has 5 N–H and O–H groups in total. The molecule has 0 spiro atoms. The lowest BCUT2D eigenvalue weighted by Gasteiger charge is -2.31. The van der Waals surface area contributed by atoms with E-state index in [9.17, 15) is 19.5 Å². The Morgan fingerprint density at radius 1 is 1.05 bits per heavy atom. The molecule has 38 heavy (non-hydrogen) atoms. The number of nitrogens with one attached hydrogen (secondary N) is 3. The van der Waals surface area contributed by atoms with E-state index in [2.05, 4.69) is 33.1 Å². The van der Waals surface area contributed by atoms with Crippen LogP contribution in [0, 0.1) is 6.92 Å². The third-order valence-corrected chi connectivity index (χ3v) is 5.79. The van der Waals surface area contributed by atoms with Crippen LogP contribution in [0.15, 0.2) is 28.4 Å². The first-order chi connectivity index (χ1) is 18.1. The molecular formula is C26H43N7O5. The van der Waals surface area contributed by atoms with Gasteiger partial charge in [-0.1, -0.05) is 25.5 Å². The van der Waals surface area contributed by atoms with Gasteiger partial charge in [-0.05, 0) is 57.0 Å². The number of aryl methyl sites for hydroxylation is 1. The molecule has 1 atom stereocenters. The van der Waals surface area contributed by atoms with Gasteiger partial charge in [-0.2, -0.15) is 10.2 Å². The SMILES string of the molecule is C=NN/C(=N\NC)c1cc(C)cc(CNC(=O)CCC(C(=O)O)N(CCC)CCN(CCC)CC(=O)O)c1. The summed E-state index contributed by atoms with van der Waals surface area (Å²) in [5.74, 6) is -1.66. The van der Waals surface area contributed by atoms with Crippen LogP contribution >= 0.6 is 0 Å². The Hall–Kier alpha value is -3.51. The highest BCUT2D eigenvalue weighted by Crippen LogP contribution is 2.12. The first-order valence-corrected chi connectivity index (χ1v) is 12.9. The van der Waals surface area contributed by atoms with Gasteiger partial charge in [0.05, 0.1) is 6.54 Å². The second kappa shape index (κ2) is 17.9. The number of nitrogens with zero attached hydrogens (tertiary/aromatic N) is 4. The molecule has 0 bridgehead atoms. The summed E-state index contributed by atoms with van der Waals surface area (Å²) in [6, 6.07) is 4.92. The van der Waals surface area contributed by atoms with E-state index in [1.807, 2.05) is 43.9 Å². The predicted octanol–water partition coefficient (Wildman–Crippen LogP) is 1.44. The van der Waals surface area contributed by atoms with E-state index in [4.69, 9.17) is 5.11 Å². The van der Waals surface area contributed by atoms with Gasteiger partial charge in [0.1, 0.15) is 6.04 Å². The number of benzene rings is 1. The van der Waals surface area contributed by atoms with E-state index in [1.54, 1.807) is 11.9 Å². The molecule has 0 heterocycles. The molecule has 0 aliphatic heterocycles. The zero-order valence-electron chi connectivity index (χ0n) is 23.0. The molecule has 0 saturated carbocycles. The fraction of sp³-hybridized carbons (Fsp3) is 0.577. The predicted molar refractivity (Wildman–Crippen MR) is 148 cm³/mol. The smallest absolute Gasteiger partial charge is 0.320 e. The molecule has 0 aromatic heterocycles. The molecule has 1 aromatic rings. The van der Waals surface area contributed by atoms with Crippen LogP contribution in [0.2, 0.25) is 0 Å². The number of rotatable bonds is 19. The first-order valence-electron chi connectivity index (χ1n) is 12.9. The van der Waals surface area contributed by atoms with Gasteiger partial charge in [0.15, 0.2) is 5.84 Å². The summed E-state index contributed by atoms with van der Waals surface area (Å²) in [5, 5.41) is 29.7. The number of hydrogen-bond acceptors (Lipinski definition) is 8. The Morgan fingerprint density at radius 2 is 1.76 bits per heavy atom. The topological polar surface area (TPSA) is 159 Å². The van der Waals surface area contributed by atoms with Crippen molar-refractivity contribution in [2.45, 2.75) is 59.0 Å². The van der Waals surface area contributed by atoms with Crippen LogP contribution in [0.25, 0.3) is 0 Å². The maximum absolute atomic E-state index is 12.6. The van der Waals surface area contributed by atoms with E-state index in [0.717, 1.165) is 29.5 Å². The van der Waals surface area contributed by atoms with Crippen LogP contribution < -0.4 is 16.2 Å². The van der Waals surface area contributed by atoms with Gasteiger partial charge in [0.2, 0.25) is 5.91 Å². The summed E-state index contributed by atoms with van der Waals surface area (Å²) >= 11 is 0. The number of carboxylic acid groups (broad SMARTS) is 2. The molecule has 1 unspecified atom stereocenters. The highest BCUT2D eigenvalue weighted by molar-refractivity contribution is 5.98. The van der Waals surface area contributed by atoms with E-state index in [1.165, 1.54) is 0 Å². The van der Waals surface area contributed by atoms with Crippen LogP contribution in [-0.4, -0.2) is 96.2 Å². The molecule has 1 rings (SSSR count).